The fourth-order valence-electron chi connectivity index (χ4n) is 3.03. The van der Waals surface area contributed by atoms with Crippen LogP contribution in [-0.4, -0.2) is 40.0 Å². The molecule has 1 amide bonds. The van der Waals surface area contributed by atoms with E-state index in [9.17, 15) is 9.59 Å². The third kappa shape index (κ3) is 3.64. The molecule has 1 N–H and O–H groups in total. The highest BCUT2D eigenvalue weighted by Crippen LogP contribution is 2.30. The van der Waals surface area contributed by atoms with Gasteiger partial charge in [-0.1, -0.05) is 30.3 Å². The molecule has 1 aromatic heterocycles. The van der Waals surface area contributed by atoms with Gasteiger partial charge in [0.2, 0.25) is 0 Å². The lowest BCUT2D eigenvalue weighted by Crippen LogP contribution is -2.38. The van der Waals surface area contributed by atoms with Crippen LogP contribution in [0.5, 0.6) is 0 Å². The van der Waals surface area contributed by atoms with Crippen LogP contribution in [0.15, 0.2) is 30.3 Å². The van der Waals surface area contributed by atoms with Crippen molar-refractivity contribution in [1.29, 1.82) is 0 Å². The van der Waals surface area contributed by atoms with Gasteiger partial charge in [-0.15, -0.1) is 11.3 Å². The van der Waals surface area contributed by atoms with E-state index < -0.39 is 5.97 Å². The third-order valence-electron chi connectivity index (χ3n) is 4.38. The number of aromatic nitrogens is 1. The molecule has 0 saturated carbocycles. The Kier molecular flexibility index (Phi) is 4.94. The number of aryl methyl sites for hydroxylation is 1. The first-order valence-electron chi connectivity index (χ1n) is 8.08. The Labute approximate surface area is 145 Å². The van der Waals surface area contributed by atoms with Crippen LogP contribution in [0.1, 0.15) is 34.6 Å². The van der Waals surface area contributed by atoms with E-state index in [2.05, 4.69) is 4.98 Å². The normalized spacial score (nSPS) is 15.5. The van der Waals surface area contributed by atoms with Gasteiger partial charge in [-0.2, -0.15) is 0 Å². The number of thiazole rings is 1. The molecule has 1 aromatic carbocycles. The maximum atomic E-state index is 12.8. The molecule has 1 aliphatic heterocycles. The summed E-state index contributed by atoms with van der Waals surface area (Å²) in [4.78, 5) is 30.6. The van der Waals surface area contributed by atoms with Gasteiger partial charge in [0.15, 0.2) is 0 Å². The van der Waals surface area contributed by atoms with Gasteiger partial charge in [-0.3, -0.25) is 9.59 Å². The summed E-state index contributed by atoms with van der Waals surface area (Å²) in [6.45, 7) is 3.11. The largest absolute Gasteiger partial charge is 0.481 e. The van der Waals surface area contributed by atoms with Crippen LogP contribution >= 0.6 is 11.3 Å². The van der Waals surface area contributed by atoms with Crippen LogP contribution in [0, 0.1) is 12.8 Å². The van der Waals surface area contributed by atoms with Crippen molar-refractivity contribution in [3.05, 3.63) is 40.9 Å². The molecule has 1 aliphatic rings. The molecule has 24 heavy (non-hydrogen) atoms. The Balaban J connectivity index is 1.70. The second kappa shape index (κ2) is 7.13. The Bertz CT molecular complexity index is 734. The summed E-state index contributed by atoms with van der Waals surface area (Å²) in [7, 11) is 0. The molecule has 0 aliphatic carbocycles. The van der Waals surface area contributed by atoms with Crippen molar-refractivity contribution in [3.63, 3.8) is 0 Å². The van der Waals surface area contributed by atoms with Crippen LogP contribution in [0.2, 0.25) is 0 Å². The van der Waals surface area contributed by atoms with E-state index in [0.29, 0.717) is 18.0 Å². The molecule has 0 bridgehead atoms. The van der Waals surface area contributed by atoms with E-state index in [4.69, 9.17) is 5.11 Å². The van der Waals surface area contributed by atoms with Gasteiger partial charge in [0, 0.05) is 25.1 Å². The first-order valence-corrected chi connectivity index (χ1v) is 8.90. The Morgan fingerprint density at radius 1 is 1.25 bits per heavy atom. The van der Waals surface area contributed by atoms with Crippen LogP contribution in [0.4, 0.5) is 0 Å². The van der Waals surface area contributed by atoms with Crippen molar-refractivity contribution in [1.82, 2.24) is 9.88 Å². The predicted octanol–water partition coefficient (Wildman–Crippen LogP) is 3.45. The number of likely N-dealkylation sites (tertiary alicyclic amines) is 1. The van der Waals surface area contributed by atoms with Gasteiger partial charge in [0.25, 0.3) is 5.91 Å². The molecule has 1 saturated heterocycles. The summed E-state index contributed by atoms with van der Waals surface area (Å²) in [5.41, 5.74) is 1.78. The number of benzene rings is 1. The van der Waals surface area contributed by atoms with E-state index >= 15 is 0 Å². The molecule has 2 heterocycles. The summed E-state index contributed by atoms with van der Waals surface area (Å²) in [5, 5.41) is 9.74. The van der Waals surface area contributed by atoms with Gasteiger partial charge in [-0.05, 0) is 25.7 Å². The smallest absolute Gasteiger partial charge is 0.303 e. The van der Waals surface area contributed by atoms with E-state index in [1.807, 2.05) is 42.2 Å². The first kappa shape index (κ1) is 16.6. The molecule has 2 aromatic rings. The number of carbonyl (C=O) groups excluding carboxylic acids is 1. The van der Waals surface area contributed by atoms with E-state index in [0.717, 1.165) is 29.1 Å². The molecule has 0 unspecified atom stereocenters. The lowest BCUT2D eigenvalue weighted by atomic mass is 9.93. The standard InChI is InChI=1S/C18H20N2O3S/c1-12-16(24-17(19-12)14-5-3-2-4-6-14)18(23)20-9-7-13(8-10-20)11-15(21)22/h2-6,13H,7-11H2,1H3,(H,21,22). The molecular formula is C18H20N2O3S. The zero-order valence-corrected chi connectivity index (χ0v) is 14.4. The molecule has 0 radical (unpaired) electrons. The third-order valence-corrected chi connectivity index (χ3v) is 5.57. The van der Waals surface area contributed by atoms with E-state index in [-0.39, 0.29) is 18.2 Å². The van der Waals surface area contributed by atoms with Gasteiger partial charge >= 0.3 is 5.97 Å². The Hall–Kier alpha value is -2.21. The number of rotatable bonds is 4. The Morgan fingerprint density at radius 3 is 2.54 bits per heavy atom. The van der Waals surface area contributed by atoms with Crippen molar-refractivity contribution in [3.8, 4) is 10.6 Å². The summed E-state index contributed by atoms with van der Waals surface area (Å²) >= 11 is 1.43. The maximum Gasteiger partial charge on any atom is 0.303 e. The lowest BCUT2D eigenvalue weighted by molar-refractivity contribution is -0.138. The number of aliphatic carboxylic acids is 1. The van der Waals surface area contributed by atoms with Crippen molar-refractivity contribution < 1.29 is 14.7 Å². The SMILES string of the molecule is Cc1nc(-c2ccccc2)sc1C(=O)N1CCC(CC(=O)O)CC1. The highest BCUT2D eigenvalue weighted by atomic mass is 32.1. The summed E-state index contributed by atoms with van der Waals surface area (Å²) in [5.74, 6) is -0.569. The second-order valence-corrected chi connectivity index (χ2v) is 7.13. The zero-order chi connectivity index (χ0) is 17.1. The summed E-state index contributed by atoms with van der Waals surface area (Å²) in [6, 6.07) is 9.85. The van der Waals surface area contributed by atoms with Crippen LogP contribution < -0.4 is 0 Å². The molecule has 126 valence electrons. The van der Waals surface area contributed by atoms with Crippen molar-refractivity contribution in [2.45, 2.75) is 26.2 Å². The number of hydrogen-bond acceptors (Lipinski definition) is 4. The molecular weight excluding hydrogens is 324 g/mol. The molecule has 5 nitrogen and oxygen atoms in total. The van der Waals surface area contributed by atoms with Gasteiger partial charge in [-0.25, -0.2) is 4.98 Å². The van der Waals surface area contributed by atoms with Crippen LogP contribution in [0.25, 0.3) is 10.6 Å². The lowest BCUT2D eigenvalue weighted by Gasteiger charge is -2.31. The highest BCUT2D eigenvalue weighted by molar-refractivity contribution is 7.17. The summed E-state index contributed by atoms with van der Waals surface area (Å²) in [6.07, 6.45) is 1.70. The fourth-order valence-corrected chi connectivity index (χ4v) is 4.07. The average Bonchev–Trinajstić information content (AvgIpc) is 2.97. The topological polar surface area (TPSA) is 70.5 Å². The van der Waals surface area contributed by atoms with Crippen molar-refractivity contribution in [2.75, 3.05) is 13.1 Å². The van der Waals surface area contributed by atoms with E-state index in [1.54, 1.807) is 0 Å². The second-order valence-electron chi connectivity index (χ2n) is 6.13. The minimum atomic E-state index is -0.759. The number of nitrogens with zero attached hydrogens (tertiary/aromatic N) is 2. The van der Waals surface area contributed by atoms with Crippen LogP contribution in [0.3, 0.4) is 0 Å². The molecule has 1 fully saturated rings. The van der Waals surface area contributed by atoms with E-state index in [1.165, 1.54) is 11.3 Å². The monoisotopic (exact) mass is 344 g/mol. The van der Waals surface area contributed by atoms with Crippen molar-refractivity contribution >= 4 is 23.2 Å². The number of amides is 1. The quantitative estimate of drug-likeness (QED) is 0.922. The zero-order valence-electron chi connectivity index (χ0n) is 13.6. The summed E-state index contributed by atoms with van der Waals surface area (Å²) < 4.78 is 0. The number of carboxylic acids is 1. The van der Waals surface area contributed by atoms with Gasteiger partial charge in [0.05, 0.1) is 5.69 Å². The number of piperidine rings is 1. The van der Waals surface area contributed by atoms with Crippen LogP contribution in [-0.2, 0) is 4.79 Å². The number of carbonyl (C=O) groups is 2. The average molecular weight is 344 g/mol. The van der Waals surface area contributed by atoms with Crippen molar-refractivity contribution in [2.24, 2.45) is 5.92 Å². The van der Waals surface area contributed by atoms with Gasteiger partial charge in [0.1, 0.15) is 9.88 Å². The fraction of sp³-hybridized carbons (Fsp3) is 0.389. The molecule has 6 heteroatoms. The minimum Gasteiger partial charge on any atom is -0.481 e. The molecule has 3 rings (SSSR count). The number of hydrogen-bond donors (Lipinski definition) is 1. The number of carboxylic acid groups (broad SMARTS) is 1. The molecule has 0 spiro atoms. The Morgan fingerprint density at radius 2 is 1.92 bits per heavy atom. The maximum absolute atomic E-state index is 12.8. The first-order chi connectivity index (χ1) is 11.5. The molecule has 0 atom stereocenters. The minimum absolute atomic E-state index is 0.0148. The highest BCUT2D eigenvalue weighted by Gasteiger charge is 2.27. The van der Waals surface area contributed by atoms with Gasteiger partial charge < -0.3 is 10.0 Å². The predicted molar refractivity (Wildman–Crippen MR) is 93.2 cm³/mol.